The minimum absolute atomic E-state index is 0.0752. The smallest absolute Gasteiger partial charge is 0.338 e. The predicted octanol–water partition coefficient (Wildman–Crippen LogP) is 3.00. The van der Waals surface area contributed by atoms with E-state index in [0.29, 0.717) is 0 Å². The van der Waals surface area contributed by atoms with Crippen molar-refractivity contribution < 1.29 is 45.9 Å². The number of aryl methyl sites for hydroxylation is 1. The van der Waals surface area contributed by atoms with Gasteiger partial charge in [0.25, 0.3) is 16.6 Å². The Labute approximate surface area is 224 Å². The molecule has 3 aromatic rings. The molecule has 1 saturated carbocycles. The Bertz CT molecular complexity index is 1390. The second-order valence-corrected chi connectivity index (χ2v) is 11.0. The lowest BCUT2D eigenvalue weighted by atomic mass is 9.82. The summed E-state index contributed by atoms with van der Waals surface area (Å²) in [5, 5.41) is 0. The van der Waals surface area contributed by atoms with Gasteiger partial charge in [-0.05, 0) is 43.3 Å². The van der Waals surface area contributed by atoms with E-state index in [1.165, 1.54) is 12.1 Å². The van der Waals surface area contributed by atoms with Gasteiger partial charge < -0.3 is 23.7 Å². The number of rotatable bonds is 7. The van der Waals surface area contributed by atoms with Crippen LogP contribution in [0.5, 0.6) is 0 Å². The first-order chi connectivity index (χ1) is 18.8. The van der Waals surface area contributed by atoms with Gasteiger partial charge in [0.2, 0.25) is 0 Å². The van der Waals surface area contributed by atoms with E-state index < -0.39 is 65.2 Å². The van der Waals surface area contributed by atoms with Crippen molar-refractivity contribution >= 4 is 22.1 Å². The van der Waals surface area contributed by atoms with E-state index in [1.54, 1.807) is 72.8 Å². The maximum atomic E-state index is 13.3. The van der Waals surface area contributed by atoms with Gasteiger partial charge in [-0.1, -0.05) is 54.1 Å². The quantitative estimate of drug-likeness (QED) is 0.319. The SMILES string of the molecule is Cc1ccc(S(=O)(=O)OC2[C@H]3OC4OC([C@@H](OC(=O)c5ccccc5)[C@H]2O4)[C@@H]3OC(=O)c2ccccc2)cc1. The fourth-order valence-corrected chi connectivity index (χ4v) is 5.98. The zero-order valence-electron chi connectivity index (χ0n) is 20.6. The molecule has 39 heavy (non-hydrogen) atoms. The molecule has 3 aromatic carbocycles. The molecule has 4 bridgehead atoms. The molecule has 3 saturated heterocycles. The number of carbonyl (C=O) groups excluding carboxylic acids is 2. The van der Waals surface area contributed by atoms with Gasteiger partial charge in [-0.3, -0.25) is 4.18 Å². The van der Waals surface area contributed by atoms with Gasteiger partial charge in [0, 0.05) is 0 Å². The van der Waals surface area contributed by atoms with E-state index >= 15 is 0 Å². The summed E-state index contributed by atoms with van der Waals surface area (Å²) in [5.41, 5.74) is 1.41. The summed E-state index contributed by atoms with van der Waals surface area (Å²) in [6, 6.07) is 22.7. The first kappa shape index (κ1) is 25.7. The average Bonchev–Trinajstić information content (AvgIpc) is 2.95. The summed E-state index contributed by atoms with van der Waals surface area (Å²) in [5.74, 6) is -1.37. The predicted molar refractivity (Wildman–Crippen MR) is 133 cm³/mol. The maximum Gasteiger partial charge on any atom is 0.338 e. The van der Waals surface area contributed by atoms with Crippen molar-refractivity contribution in [2.45, 2.75) is 54.9 Å². The van der Waals surface area contributed by atoms with Gasteiger partial charge in [-0.25, -0.2) is 9.59 Å². The Morgan fingerprint density at radius 2 is 1.08 bits per heavy atom. The summed E-state index contributed by atoms with van der Waals surface area (Å²) < 4.78 is 61.1. The Balaban J connectivity index is 1.33. The first-order valence-electron chi connectivity index (χ1n) is 12.3. The average molecular weight is 553 g/mol. The minimum Gasteiger partial charge on any atom is -0.453 e. The summed E-state index contributed by atoms with van der Waals surface area (Å²) in [6.45, 7) is 0.652. The van der Waals surface area contributed by atoms with Crippen LogP contribution in [0.4, 0.5) is 0 Å². The molecule has 3 heterocycles. The van der Waals surface area contributed by atoms with Crippen LogP contribution in [0.15, 0.2) is 89.8 Å². The van der Waals surface area contributed by atoms with E-state index in [1.807, 2.05) is 6.92 Å². The number of benzene rings is 3. The van der Waals surface area contributed by atoms with Crippen LogP contribution < -0.4 is 0 Å². The van der Waals surface area contributed by atoms with E-state index in [-0.39, 0.29) is 16.0 Å². The van der Waals surface area contributed by atoms with Crippen molar-refractivity contribution in [2.24, 2.45) is 0 Å². The van der Waals surface area contributed by atoms with Gasteiger partial charge >= 0.3 is 11.9 Å². The summed E-state index contributed by atoms with van der Waals surface area (Å²) in [7, 11) is -4.31. The molecule has 0 radical (unpaired) electrons. The lowest BCUT2D eigenvalue weighted by Gasteiger charge is -2.57. The standard InChI is InChI=1S/C28H24O10S/c1-16-12-14-19(15-13-16)39(31,32)38-25-23-20(33-26(29)17-8-4-2-5-9-17)22-21(24(25)37-28(35-22)36-23)34-27(30)18-10-6-3-7-11-18/h2-15,20-25,28H,1H3/t20-,21+,22?,23-,24+,25?,28?. The molecule has 0 spiro atoms. The summed E-state index contributed by atoms with van der Waals surface area (Å²) in [6.07, 6.45) is -6.79. The van der Waals surface area contributed by atoms with Crippen LogP contribution in [0.1, 0.15) is 26.3 Å². The van der Waals surface area contributed by atoms with Gasteiger partial charge in [-0.15, -0.1) is 0 Å². The number of carbonyl (C=O) groups is 2. The summed E-state index contributed by atoms with van der Waals surface area (Å²) in [4.78, 5) is 25.9. The third kappa shape index (κ3) is 4.95. The molecule has 11 heteroatoms. The third-order valence-corrected chi connectivity index (χ3v) is 8.13. The van der Waals surface area contributed by atoms with Crippen LogP contribution in [-0.4, -0.2) is 63.5 Å². The lowest BCUT2D eigenvalue weighted by Crippen LogP contribution is -2.76. The highest BCUT2D eigenvalue weighted by Crippen LogP contribution is 2.44. The van der Waals surface area contributed by atoms with Gasteiger partial charge in [0.1, 0.15) is 24.4 Å². The highest BCUT2D eigenvalue weighted by atomic mass is 32.2. The van der Waals surface area contributed by atoms with E-state index in [0.717, 1.165) is 5.56 Å². The van der Waals surface area contributed by atoms with Crippen LogP contribution in [0.2, 0.25) is 0 Å². The van der Waals surface area contributed by atoms with E-state index in [4.69, 9.17) is 27.9 Å². The topological polar surface area (TPSA) is 124 Å². The number of hydrogen-bond donors (Lipinski definition) is 0. The van der Waals surface area contributed by atoms with Crippen molar-refractivity contribution in [3.8, 4) is 0 Å². The molecule has 3 aliphatic heterocycles. The molecule has 10 nitrogen and oxygen atoms in total. The van der Waals surface area contributed by atoms with Gasteiger partial charge in [0.05, 0.1) is 16.0 Å². The van der Waals surface area contributed by atoms with Crippen molar-refractivity contribution in [3.63, 3.8) is 0 Å². The largest absolute Gasteiger partial charge is 0.453 e. The van der Waals surface area contributed by atoms with Gasteiger partial charge in [-0.2, -0.15) is 8.42 Å². The molecular weight excluding hydrogens is 528 g/mol. The van der Waals surface area contributed by atoms with Crippen molar-refractivity contribution in [3.05, 3.63) is 102 Å². The molecule has 4 fully saturated rings. The molecule has 3 unspecified atom stereocenters. The first-order valence-corrected chi connectivity index (χ1v) is 13.7. The highest BCUT2D eigenvalue weighted by molar-refractivity contribution is 7.86. The Morgan fingerprint density at radius 3 is 1.54 bits per heavy atom. The molecule has 1 aliphatic carbocycles. The minimum atomic E-state index is -4.31. The highest BCUT2D eigenvalue weighted by Gasteiger charge is 2.66. The fraction of sp³-hybridized carbons (Fsp3) is 0.286. The molecule has 0 amide bonds. The summed E-state index contributed by atoms with van der Waals surface area (Å²) >= 11 is 0. The second kappa shape index (κ2) is 10.2. The number of esters is 2. The third-order valence-electron chi connectivity index (χ3n) is 6.80. The van der Waals surface area contributed by atoms with Crippen LogP contribution >= 0.6 is 0 Å². The van der Waals surface area contributed by atoms with Crippen LogP contribution in [0, 0.1) is 6.92 Å². The molecule has 202 valence electrons. The molecule has 4 aliphatic rings. The number of hydrogen-bond acceptors (Lipinski definition) is 10. The molecule has 0 aromatic heterocycles. The molecular formula is C28H24O10S. The van der Waals surface area contributed by atoms with E-state index in [9.17, 15) is 18.0 Å². The Morgan fingerprint density at radius 1 is 0.641 bits per heavy atom. The zero-order chi connectivity index (χ0) is 27.1. The maximum absolute atomic E-state index is 13.3. The Kier molecular flexibility index (Phi) is 6.69. The van der Waals surface area contributed by atoms with Crippen molar-refractivity contribution in [1.29, 1.82) is 0 Å². The van der Waals surface area contributed by atoms with Crippen LogP contribution in [0.3, 0.4) is 0 Å². The van der Waals surface area contributed by atoms with Crippen molar-refractivity contribution in [2.75, 3.05) is 0 Å². The lowest BCUT2D eigenvalue weighted by molar-refractivity contribution is -0.476. The van der Waals surface area contributed by atoms with E-state index in [2.05, 4.69) is 0 Å². The number of ether oxygens (including phenoxy) is 5. The monoisotopic (exact) mass is 552 g/mol. The molecule has 7 rings (SSSR count). The van der Waals surface area contributed by atoms with Crippen LogP contribution in [0.25, 0.3) is 0 Å². The van der Waals surface area contributed by atoms with Crippen LogP contribution in [-0.2, 0) is 38.0 Å². The second-order valence-electron chi connectivity index (χ2n) is 9.39. The van der Waals surface area contributed by atoms with Gasteiger partial charge in [0.15, 0.2) is 12.2 Å². The zero-order valence-corrected chi connectivity index (χ0v) is 21.4. The molecule has 7 atom stereocenters. The normalized spacial score (nSPS) is 29.1. The Hall–Kier alpha value is -3.61. The van der Waals surface area contributed by atoms with Crippen molar-refractivity contribution in [1.82, 2.24) is 0 Å². The fourth-order valence-electron chi connectivity index (χ4n) is 4.88. The molecule has 0 N–H and O–H groups in total.